The Kier molecular flexibility index (Phi) is 4.91. The van der Waals surface area contributed by atoms with Crippen LogP contribution in [-0.4, -0.2) is 11.7 Å². The molecule has 4 nitrogen and oxygen atoms in total. The number of rotatable bonds is 4. The lowest BCUT2D eigenvalue weighted by molar-refractivity contribution is 0.101. The number of benzene rings is 3. The third-order valence-corrected chi connectivity index (χ3v) is 4.85. The predicted octanol–water partition coefficient (Wildman–Crippen LogP) is 6.02. The summed E-state index contributed by atoms with van der Waals surface area (Å²) in [4.78, 5) is 25.1. The Labute approximate surface area is 170 Å². The number of nitrogens with one attached hydrogen (secondary N) is 1. The van der Waals surface area contributed by atoms with Gasteiger partial charge >= 0.3 is 0 Å². The van der Waals surface area contributed by atoms with E-state index in [9.17, 15) is 14.0 Å². The molecular weight excluding hydrogens is 393 g/mol. The number of anilines is 1. The highest BCUT2D eigenvalue weighted by atomic mass is 35.5. The molecule has 1 amide bonds. The van der Waals surface area contributed by atoms with E-state index in [1.807, 2.05) is 0 Å². The fraction of sp³-hybridized carbons (Fsp3) is 0.0435. The minimum absolute atomic E-state index is 0.208. The standard InChI is InChI=1S/C23H15ClFNO3/c1-13-19-10-9-18(26-23(28)15-3-2-4-17(25)11-15)12-20(19)29-22(13)21(27)14-5-7-16(24)8-6-14/h2-12H,1H3,(H,26,28). The molecule has 0 bridgehead atoms. The molecule has 0 aliphatic heterocycles. The lowest BCUT2D eigenvalue weighted by Gasteiger charge is -2.05. The third kappa shape index (κ3) is 3.77. The van der Waals surface area contributed by atoms with Crippen LogP contribution < -0.4 is 5.32 Å². The average molecular weight is 408 g/mol. The van der Waals surface area contributed by atoms with Crippen LogP contribution in [0, 0.1) is 12.7 Å². The number of hydrogen-bond acceptors (Lipinski definition) is 3. The van der Waals surface area contributed by atoms with Gasteiger partial charge in [0, 0.05) is 38.9 Å². The van der Waals surface area contributed by atoms with E-state index < -0.39 is 11.7 Å². The van der Waals surface area contributed by atoms with Crippen LogP contribution in [0.1, 0.15) is 32.0 Å². The maximum atomic E-state index is 13.3. The fourth-order valence-corrected chi connectivity index (χ4v) is 3.21. The first-order chi connectivity index (χ1) is 13.9. The van der Waals surface area contributed by atoms with Crippen molar-refractivity contribution >= 4 is 39.9 Å². The van der Waals surface area contributed by atoms with Crippen LogP contribution in [-0.2, 0) is 0 Å². The Hall–Kier alpha value is -3.44. The molecule has 29 heavy (non-hydrogen) atoms. The molecule has 0 radical (unpaired) electrons. The fourth-order valence-electron chi connectivity index (χ4n) is 3.09. The number of amides is 1. The van der Waals surface area contributed by atoms with E-state index in [2.05, 4.69) is 5.32 Å². The minimum Gasteiger partial charge on any atom is -0.452 e. The van der Waals surface area contributed by atoms with Gasteiger partial charge in [0.2, 0.25) is 5.78 Å². The van der Waals surface area contributed by atoms with Gasteiger partial charge in [0.05, 0.1) is 0 Å². The lowest BCUT2D eigenvalue weighted by atomic mass is 10.0. The van der Waals surface area contributed by atoms with Crippen molar-refractivity contribution in [2.24, 2.45) is 0 Å². The summed E-state index contributed by atoms with van der Waals surface area (Å²) in [6.45, 7) is 1.81. The summed E-state index contributed by atoms with van der Waals surface area (Å²) >= 11 is 5.88. The zero-order chi connectivity index (χ0) is 20.5. The summed E-state index contributed by atoms with van der Waals surface area (Å²) < 4.78 is 19.1. The zero-order valence-electron chi connectivity index (χ0n) is 15.3. The summed E-state index contributed by atoms with van der Waals surface area (Å²) in [6, 6.07) is 17.1. The van der Waals surface area contributed by atoms with Gasteiger partial charge in [0.1, 0.15) is 11.4 Å². The normalized spacial score (nSPS) is 10.9. The predicted molar refractivity (Wildman–Crippen MR) is 110 cm³/mol. The summed E-state index contributed by atoms with van der Waals surface area (Å²) in [5.74, 6) is -0.943. The molecule has 4 rings (SSSR count). The van der Waals surface area contributed by atoms with Gasteiger partial charge in [-0.2, -0.15) is 0 Å². The summed E-state index contributed by atoms with van der Waals surface area (Å²) in [5.41, 5.74) is 2.33. The molecule has 0 unspecified atom stereocenters. The van der Waals surface area contributed by atoms with Crippen LogP contribution in [0.3, 0.4) is 0 Å². The number of carbonyl (C=O) groups excluding carboxylic acids is 2. The number of fused-ring (bicyclic) bond motifs is 1. The quantitative estimate of drug-likeness (QED) is 0.421. The van der Waals surface area contributed by atoms with Gasteiger partial charge in [-0.15, -0.1) is 0 Å². The number of aryl methyl sites for hydroxylation is 1. The molecule has 1 aromatic heterocycles. The van der Waals surface area contributed by atoms with E-state index in [4.69, 9.17) is 16.0 Å². The van der Waals surface area contributed by atoms with Crippen molar-refractivity contribution in [1.82, 2.24) is 0 Å². The molecular formula is C23H15ClFNO3. The van der Waals surface area contributed by atoms with Crippen LogP contribution in [0.25, 0.3) is 11.0 Å². The van der Waals surface area contributed by atoms with Crippen LogP contribution in [0.15, 0.2) is 71.1 Å². The number of halogens is 2. The lowest BCUT2D eigenvalue weighted by Crippen LogP contribution is -2.11. The highest BCUT2D eigenvalue weighted by molar-refractivity contribution is 6.30. The van der Waals surface area contributed by atoms with Crippen molar-refractivity contribution in [3.05, 3.63) is 100 Å². The molecule has 0 spiro atoms. The first-order valence-corrected chi connectivity index (χ1v) is 9.20. The van der Waals surface area contributed by atoms with Crippen molar-refractivity contribution in [2.75, 3.05) is 5.32 Å². The van der Waals surface area contributed by atoms with Crippen molar-refractivity contribution in [1.29, 1.82) is 0 Å². The molecule has 0 aliphatic rings. The second-order valence-corrected chi connectivity index (χ2v) is 7.00. The minimum atomic E-state index is -0.486. The molecule has 4 aromatic rings. The molecule has 0 aliphatic carbocycles. The Morgan fingerprint density at radius 1 is 0.966 bits per heavy atom. The van der Waals surface area contributed by atoms with E-state index in [0.29, 0.717) is 27.4 Å². The first-order valence-electron chi connectivity index (χ1n) is 8.83. The molecule has 0 fully saturated rings. The van der Waals surface area contributed by atoms with Gasteiger partial charge in [-0.1, -0.05) is 17.7 Å². The van der Waals surface area contributed by atoms with Crippen molar-refractivity contribution in [3.8, 4) is 0 Å². The molecule has 144 valence electrons. The maximum absolute atomic E-state index is 13.3. The molecule has 0 atom stereocenters. The second-order valence-electron chi connectivity index (χ2n) is 6.57. The van der Waals surface area contributed by atoms with Gasteiger partial charge in [0.15, 0.2) is 5.76 Å². The Bertz CT molecular complexity index is 1240. The van der Waals surface area contributed by atoms with Crippen molar-refractivity contribution in [3.63, 3.8) is 0 Å². The van der Waals surface area contributed by atoms with Crippen LogP contribution >= 0.6 is 11.6 Å². The smallest absolute Gasteiger partial charge is 0.255 e. The van der Waals surface area contributed by atoms with E-state index >= 15 is 0 Å². The highest BCUT2D eigenvalue weighted by Gasteiger charge is 2.19. The van der Waals surface area contributed by atoms with Crippen LogP contribution in [0.2, 0.25) is 5.02 Å². The number of carbonyl (C=O) groups is 2. The zero-order valence-corrected chi connectivity index (χ0v) is 16.1. The van der Waals surface area contributed by atoms with Gasteiger partial charge in [-0.3, -0.25) is 9.59 Å². The van der Waals surface area contributed by atoms with E-state index in [-0.39, 0.29) is 17.1 Å². The highest BCUT2D eigenvalue weighted by Crippen LogP contribution is 2.29. The second kappa shape index (κ2) is 7.53. The molecule has 1 heterocycles. The number of ketones is 1. The third-order valence-electron chi connectivity index (χ3n) is 4.60. The summed E-state index contributed by atoms with van der Waals surface area (Å²) in [6.07, 6.45) is 0. The Morgan fingerprint density at radius 3 is 2.45 bits per heavy atom. The molecule has 3 aromatic carbocycles. The van der Waals surface area contributed by atoms with Crippen LogP contribution in [0.4, 0.5) is 10.1 Å². The molecule has 0 saturated carbocycles. The molecule has 0 saturated heterocycles. The summed E-state index contributed by atoms with van der Waals surface area (Å²) in [7, 11) is 0. The van der Waals surface area contributed by atoms with Crippen LogP contribution in [0.5, 0.6) is 0 Å². The topological polar surface area (TPSA) is 59.3 Å². The van der Waals surface area contributed by atoms with Gasteiger partial charge in [0.25, 0.3) is 5.91 Å². The van der Waals surface area contributed by atoms with Gasteiger partial charge in [-0.05, 0) is 61.5 Å². The van der Waals surface area contributed by atoms with Gasteiger partial charge in [-0.25, -0.2) is 4.39 Å². The summed E-state index contributed by atoms with van der Waals surface area (Å²) in [5, 5.41) is 4.02. The van der Waals surface area contributed by atoms with Crippen molar-refractivity contribution in [2.45, 2.75) is 6.92 Å². The molecule has 6 heteroatoms. The monoisotopic (exact) mass is 407 g/mol. The maximum Gasteiger partial charge on any atom is 0.255 e. The largest absolute Gasteiger partial charge is 0.452 e. The Morgan fingerprint density at radius 2 is 1.72 bits per heavy atom. The van der Waals surface area contributed by atoms with Crippen molar-refractivity contribution < 1.29 is 18.4 Å². The number of furan rings is 1. The average Bonchev–Trinajstić information content (AvgIpc) is 3.04. The SMILES string of the molecule is Cc1c(C(=O)c2ccc(Cl)cc2)oc2cc(NC(=O)c3cccc(F)c3)ccc12. The Balaban J connectivity index is 1.64. The van der Waals surface area contributed by atoms with Gasteiger partial charge < -0.3 is 9.73 Å². The van der Waals surface area contributed by atoms with E-state index in [1.54, 1.807) is 49.4 Å². The first kappa shape index (κ1) is 18.9. The van der Waals surface area contributed by atoms with E-state index in [0.717, 1.165) is 11.5 Å². The van der Waals surface area contributed by atoms with E-state index in [1.165, 1.54) is 18.2 Å². The number of hydrogen-bond donors (Lipinski definition) is 1. The molecule has 1 N–H and O–H groups in total.